The Morgan fingerprint density at radius 2 is 0.875 bits per heavy atom. The van der Waals surface area contributed by atoms with Crippen molar-refractivity contribution >= 4 is 11.9 Å². The molecule has 0 fully saturated rings. The van der Waals surface area contributed by atoms with Crippen LogP contribution in [0.4, 0.5) is 0 Å². The zero-order valence-corrected chi connectivity index (χ0v) is 31.2. The zero-order valence-electron chi connectivity index (χ0n) is 31.2. The maximum atomic E-state index is 12.2. The molecular weight excluding hydrogens is 596 g/mol. The van der Waals surface area contributed by atoms with Gasteiger partial charge in [0.25, 0.3) is 0 Å². The first-order valence-corrected chi connectivity index (χ1v) is 19.8. The summed E-state index contributed by atoms with van der Waals surface area (Å²) in [6.45, 7) is 4.04. The van der Waals surface area contributed by atoms with Crippen molar-refractivity contribution in [2.75, 3.05) is 13.2 Å². The minimum Gasteiger partial charge on any atom is -0.462 e. The molecule has 0 aromatic rings. The topological polar surface area (TPSA) is 72.8 Å². The van der Waals surface area contributed by atoms with Gasteiger partial charge in [-0.25, -0.2) is 0 Å². The summed E-state index contributed by atoms with van der Waals surface area (Å²) >= 11 is 0. The lowest BCUT2D eigenvalue weighted by Crippen LogP contribution is -2.28. The lowest BCUT2D eigenvalue weighted by Gasteiger charge is -2.15. The predicted octanol–water partition coefficient (Wildman–Crippen LogP) is 12.4. The van der Waals surface area contributed by atoms with Crippen LogP contribution in [-0.4, -0.2) is 36.4 Å². The number of carbonyl (C=O) groups excluding carboxylic acids is 2. The molecule has 0 spiro atoms. The molecule has 48 heavy (non-hydrogen) atoms. The Morgan fingerprint density at radius 1 is 0.479 bits per heavy atom. The van der Waals surface area contributed by atoms with Crippen LogP contribution in [-0.2, 0) is 19.1 Å². The molecule has 0 aliphatic heterocycles. The highest BCUT2D eigenvalue weighted by molar-refractivity contribution is 5.70. The molecule has 0 aromatic carbocycles. The molecule has 0 bridgehead atoms. The first-order chi connectivity index (χ1) is 23.6. The molecule has 0 saturated carbocycles. The number of rotatable bonds is 35. The fourth-order valence-corrected chi connectivity index (χ4v) is 5.30. The van der Waals surface area contributed by atoms with Crippen LogP contribution < -0.4 is 0 Å². The molecular formula is C43H74O5. The van der Waals surface area contributed by atoms with Crippen LogP contribution in [0.15, 0.2) is 60.8 Å². The molecule has 1 atom stereocenters. The molecule has 0 radical (unpaired) electrons. The van der Waals surface area contributed by atoms with E-state index in [2.05, 4.69) is 62.5 Å². The smallest absolute Gasteiger partial charge is 0.306 e. The second-order valence-corrected chi connectivity index (χ2v) is 13.0. The van der Waals surface area contributed by atoms with Gasteiger partial charge in [-0.3, -0.25) is 9.59 Å². The number of ether oxygens (including phenoxy) is 2. The van der Waals surface area contributed by atoms with Crippen LogP contribution in [0.1, 0.15) is 181 Å². The lowest BCUT2D eigenvalue weighted by atomic mass is 10.0. The number of aliphatic hydroxyl groups is 1. The van der Waals surface area contributed by atoms with Gasteiger partial charge < -0.3 is 14.6 Å². The molecule has 0 aromatic heterocycles. The van der Waals surface area contributed by atoms with Gasteiger partial charge in [0.15, 0.2) is 6.10 Å². The molecule has 5 nitrogen and oxygen atoms in total. The van der Waals surface area contributed by atoms with E-state index in [1.54, 1.807) is 0 Å². The van der Waals surface area contributed by atoms with E-state index in [4.69, 9.17) is 9.47 Å². The molecule has 1 N–H and O–H groups in total. The van der Waals surface area contributed by atoms with E-state index < -0.39 is 6.10 Å². The molecule has 0 saturated heterocycles. The fourth-order valence-electron chi connectivity index (χ4n) is 5.30. The van der Waals surface area contributed by atoms with E-state index >= 15 is 0 Å². The monoisotopic (exact) mass is 671 g/mol. The highest BCUT2D eigenvalue weighted by atomic mass is 16.6. The minimum atomic E-state index is -0.800. The van der Waals surface area contributed by atoms with Crippen molar-refractivity contribution in [3.05, 3.63) is 60.8 Å². The van der Waals surface area contributed by atoms with Crippen LogP contribution in [0.25, 0.3) is 0 Å². The largest absolute Gasteiger partial charge is 0.462 e. The number of hydrogen-bond donors (Lipinski definition) is 1. The van der Waals surface area contributed by atoms with Gasteiger partial charge in [0, 0.05) is 12.8 Å². The first kappa shape index (κ1) is 45.6. The Labute approximate surface area is 296 Å². The molecule has 276 valence electrons. The van der Waals surface area contributed by atoms with E-state index in [-0.39, 0.29) is 31.6 Å². The van der Waals surface area contributed by atoms with Crippen LogP contribution in [0.5, 0.6) is 0 Å². The molecule has 0 unspecified atom stereocenters. The molecule has 0 aliphatic carbocycles. The summed E-state index contributed by atoms with van der Waals surface area (Å²) in [6.07, 6.45) is 50.0. The van der Waals surface area contributed by atoms with Gasteiger partial charge in [-0.05, 0) is 51.4 Å². The second kappa shape index (κ2) is 39.0. The highest BCUT2D eigenvalue weighted by Gasteiger charge is 2.15. The number of unbranched alkanes of at least 4 members (excludes halogenated alkanes) is 17. The predicted molar refractivity (Wildman–Crippen MR) is 205 cm³/mol. The molecule has 0 amide bonds. The lowest BCUT2D eigenvalue weighted by molar-refractivity contribution is -0.161. The fraction of sp³-hybridized carbons (Fsp3) is 0.721. The van der Waals surface area contributed by atoms with E-state index in [1.807, 2.05) is 12.2 Å². The quantitative estimate of drug-likeness (QED) is 0.0413. The Kier molecular flexibility index (Phi) is 37.1. The van der Waals surface area contributed by atoms with Crippen molar-refractivity contribution in [3.8, 4) is 0 Å². The van der Waals surface area contributed by atoms with Crippen LogP contribution in [0, 0.1) is 0 Å². The van der Waals surface area contributed by atoms with Crippen molar-refractivity contribution in [2.24, 2.45) is 0 Å². The SMILES string of the molecule is CCCCCC=CCC=CCC=CCC=CCC=CCCC(=O)OC[C@H](CO)OC(=O)CCCCCCCCCCCCCCCCC. The number of carbonyl (C=O) groups is 2. The number of hydrogen-bond acceptors (Lipinski definition) is 5. The van der Waals surface area contributed by atoms with Crippen molar-refractivity contribution < 1.29 is 24.2 Å². The van der Waals surface area contributed by atoms with Crippen molar-refractivity contribution in [2.45, 2.75) is 187 Å². The first-order valence-electron chi connectivity index (χ1n) is 19.8. The van der Waals surface area contributed by atoms with Gasteiger partial charge in [-0.1, -0.05) is 177 Å². The van der Waals surface area contributed by atoms with Gasteiger partial charge in [-0.2, -0.15) is 0 Å². The van der Waals surface area contributed by atoms with E-state index in [9.17, 15) is 14.7 Å². The Bertz CT molecular complexity index is 853. The van der Waals surface area contributed by atoms with Gasteiger partial charge >= 0.3 is 11.9 Å². The van der Waals surface area contributed by atoms with Gasteiger partial charge in [0.2, 0.25) is 0 Å². The normalized spacial score (nSPS) is 12.8. The third-order valence-corrected chi connectivity index (χ3v) is 8.33. The molecule has 0 heterocycles. The zero-order chi connectivity index (χ0) is 35.0. The summed E-state index contributed by atoms with van der Waals surface area (Å²) in [5.74, 6) is -0.686. The summed E-state index contributed by atoms with van der Waals surface area (Å²) < 4.78 is 10.5. The average molecular weight is 671 g/mol. The number of aliphatic hydroxyl groups excluding tert-OH is 1. The summed E-state index contributed by atoms with van der Waals surface area (Å²) in [4.78, 5) is 24.2. The minimum absolute atomic E-state index is 0.105. The Morgan fingerprint density at radius 3 is 1.33 bits per heavy atom. The van der Waals surface area contributed by atoms with E-state index in [0.29, 0.717) is 12.8 Å². The third-order valence-electron chi connectivity index (χ3n) is 8.33. The molecule has 0 rings (SSSR count). The summed E-state index contributed by atoms with van der Waals surface area (Å²) in [7, 11) is 0. The maximum Gasteiger partial charge on any atom is 0.306 e. The standard InChI is InChI=1S/C43H74O5/c1-3-5-7-9-11-13-15-17-19-20-21-22-24-25-27-29-31-33-35-37-42(45)47-40-41(39-44)48-43(46)38-36-34-32-30-28-26-23-18-16-14-12-10-8-6-4-2/h11,13,17,19,21-22,25,27,31,33,41,44H,3-10,12,14-16,18,20,23-24,26,28-30,32,34-40H2,1-2H3/t41-/m0/s1. The summed E-state index contributed by atoms with van der Waals surface area (Å²) in [5.41, 5.74) is 0. The van der Waals surface area contributed by atoms with Gasteiger partial charge in [0.1, 0.15) is 6.61 Å². The average Bonchev–Trinajstić information content (AvgIpc) is 3.09. The Balaban J connectivity index is 3.69. The summed E-state index contributed by atoms with van der Waals surface area (Å²) in [6, 6.07) is 0. The molecule has 5 heteroatoms. The van der Waals surface area contributed by atoms with Crippen LogP contribution >= 0.6 is 0 Å². The Hall–Kier alpha value is -2.40. The second-order valence-electron chi connectivity index (χ2n) is 13.0. The van der Waals surface area contributed by atoms with Gasteiger partial charge in [-0.15, -0.1) is 0 Å². The summed E-state index contributed by atoms with van der Waals surface area (Å²) in [5, 5.41) is 9.54. The van der Waals surface area contributed by atoms with Crippen LogP contribution in [0.2, 0.25) is 0 Å². The number of esters is 2. The van der Waals surface area contributed by atoms with E-state index in [1.165, 1.54) is 103 Å². The third kappa shape index (κ3) is 36.4. The van der Waals surface area contributed by atoms with Gasteiger partial charge in [0.05, 0.1) is 6.61 Å². The van der Waals surface area contributed by atoms with E-state index in [0.717, 1.165) is 44.9 Å². The highest BCUT2D eigenvalue weighted by Crippen LogP contribution is 2.14. The van der Waals surface area contributed by atoms with Crippen molar-refractivity contribution in [1.82, 2.24) is 0 Å². The van der Waals surface area contributed by atoms with Crippen molar-refractivity contribution in [3.63, 3.8) is 0 Å². The van der Waals surface area contributed by atoms with Crippen LogP contribution in [0.3, 0.4) is 0 Å². The maximum absolute atomic E-state index is 12.2. The number of allylic oxidation sites excluding steroid dienone is 10. The van der Waals surface area contributed by atoms with Crippen molar-refractivity contribution in [1.29, 1.82) is 0 Å². The molecule has 0 aliphatic rings.